The van der Waals surface area contributed by atoms with E-state index >= 15 is 0 Å². The van der Waals surface area contributed by atoms with Gasteiger partial charge in [0.05, 0.1) is 0 Å². The lowest BCUT2D eigenvalue weighted by Gasteiger charge is -2.11. The van der Waals surface area contributed by atoms with Crippen molar-refractivity contribution in [3.05, 3.63) is 72.4 Å². The summed E-state index contributed by atoms with van der Waals surface area (Å²) in [4.78, 5) is 15.1. The topological polar surface area (TPSA) is 51.2 Å². The molecule has 0 spiro atoms. The van der Waals surface area contributed by atoms with Gasteiger partial charge in [0.25, 0.3) is 0 Å². The number of nitrogens with one attached hydrogen (secondary N) is 1. The number of benzene rings is 2. The first-order chi connectivity index (χ1) is 12.4. The average Bonchev–Trinajstić information content (AvgIpc) is 2.61. The Morgan fingerprint density at radius 2 is 1.77 bits per heavy atom. The van der Waals surface area contributed by atoms with E-state index in [1.54, 1.807) is 42.6 Å². The first-order valence-corrected chi connectivity index (χ1v) is 7.57. The number of halogens is 3. The normalized spacial score (nSPS) is 11.0. The zero-order valence-corrected chi connectivity index (χ0v) is 13.3. The maximum absolute atomic E-state index is 12.3. The third-order valence-electron chi connectivity index (χ3n) is 3.46. The van der Waals surface area contributed by atoms with Crippen molar-refractivity contribution < 1.29 is 22.7 Å². The van der Waals surface area contributed by atoms with Gasteiger partial charge in [0.2, 0.25) is 0 Å². The predicted octanol–water partition coefficient (Wildman–Crippen LogP) is 5.20. The van der Waals surface area contributed by atoms with Crippen LogP contribution in [-0.4, -0.2) is 17.6 Å². The lowest BCUT2D eigenvalue weighted by Crippen LogP contribution is -2.17. The van der Waals surface area contributed by atoms with Gasteiger partial charge in [-0.25, -0.2) is 4.98 Å². The molecule has 0 saturated carbocycles. The van der Waals surface area contributed by atoms with Crippen LogP contribution in [0.4, 0.5) is 24.7 Å². The van der Waals surface area contributed by atoms with E-state index in [9.17, 15) is 18.0 Å². The van der Waals surface area contributed by atoms with Crippen LogP contribution in [0.2, 0.25) is 0 Å². The number of aromatic nitrogens is 1. The van der Waals surface area contributed by atoms with Crippen LogP contribution in [0.15, 0.2) is 66.9 Å². The standard InChI is InChI=1S/C19H13F3N2O2/c20-19(21,22)26-17-6-2-5-16(10-17)24-18-8-7-15(11-23-18)14-4-1-3-13(9-14)12-25/h1-12H,(H,23,24). The van der Waals surface area contributed by atoms with Crippen LogP contribution in [-0.2, 0) is 0 Å². The lowest BCUT2D eigenvalue weighted by molar-refractivity contribution is -0.274. The van der Waals surface area contributed by atoms with Gasteiger partial charge in [-0.3, -0.25) is 4.79 Å². The van der Waals surface area contributed by atoms with Crippen LogP contribution >= 0.6 is 0 Å². The highest BCUT2D eigenvalue weighted by atomic mass is 19.4. The molecule has 4 nitrogen and oxygen atoms in total. The van der Waals surface area contributed by atoms with Gasteiger partial charge < -0.3 is 10.1 Å². The molecule has 0 aliphatic carbocycles. The maximum Gasteiger partial charge on any atom is 0.573 e. The van der Waals surface area contributed by atoms with E-state index in [1.165, 1.54) is 18.2 Å². The van der Waals surface area contributed by atoms with E-state index in [4.69, 9.17) is 0 Å². The highest BCUT2D eigenvalue weighted by molar-refractivity contribution is 5.78. The van der Waals surface area contributed by atoms with Gasteiger partial charge in [-0.05, 0) is 35.9 Å². The largest absolute Gasteiger partial charge is 0.573 e. The molecule has 0 aliphatic heterocycles. The lowest BCUT2D eigenvalue weighted by atomic mass is 10.1. The molecule has 0 unspecified atom stereocenters. The molecular formula is C19H13F3N2O2. The van der Waals surface area contributed by atoms with Crippen molar-refractivity contribution in [3.8, 4) is 16.9 Å². The van der Waals surface area contributed by atoms with Crippen LogP contribution < -0.4 is 10.1 Å². The minimum atomic E-state index is -4.74. The molecule has 1 aromatic heterocycles. The van der Waals surface area contributed by atoms with E-state index in [2.05, 4.69) is 15.0 Å². The molecule has 0 atom stereocenters. The van der Waals surface area contributed by atoms with Crippen molar-refractivity contribution >= 4 is 17.8 Å². The molecule has 7 heteroatoms. The zero-order valence-electron chi connectivity index (χ0n) is 13.3. The van der Waals surface area contributed by atoms with Crippen LogP contribution in [0.5, 0.6) is 5.75 Å². The summed E-state index contributed by atoms with van der Waals surface area (Å²) in [6.45, 7) is 0. The van der Waals surface area contributed by atoms with Crippen LogP contribution in [0.3, 0.4) is 0 Å². The predicted molar refractivity (Wildman–Crippen MR) is 91.5 cm³/mol. The SMILES string of the molecule is O=Cc1cccc(-c2ccc(Nc3cccc(OC(F)(F)F)c3)nc2)c1. The number of pyridine rings is 1. The van der Waals surface area contributed by atoms with Crippen LogP contribution in [0.1, 0.15) is 10.4 Å². The van der Waals surface area contributed by atoms with Crippen molar-refractivity contribution in [2.45, 2.75) is 6.36 Å². The van der Waals surface area contributed by atoms with E-state index in [-0.39, 0.29) is 5.75 Å². The number of nitrogens with zero attached hydrogens (tertiary/aromatic N) is 1. The van der Waals surface area contributed by atoms with E-state index in [0.29, 0.717) is 17.1 Å². The summed E-state index contributed by atoms with van der Waals surface area (Å²) in [5.41, 5.74) is 2.63. The number of ether oxygens (including phenoxy) is 1. The molecule has 0 radical (unpaired) electrons. The average molecular weight is 358 g/mol. The molecule has 0 amide bonds. The van der Waals surface area contributed by atoms with Gasteiger partial charge in [-0.2, -0.15) is 0 Å². The summed E-state index contributed by atoms with van der Waals surface area (Å²) in [6, 6.07) is 16.1. The molecule has 3 rings (SSSR count). The molecule has 0 bridgehead atoms. The first-order valence-electron chi connectivity index (χ1n) is 7.57. The first kappa shape index (κ1) is 17.5. The number of hydrogen-bond donors (Lipinski definition) is 1. The number of hydrogen-bond acceptors (Lipinski definition) is 4. The molecule has 0 aliphatic rings. The molecule has 0 saturated heterocycles. The summed E-state index contributed by atoms with van der Waals surface area (Å²) >= 11 is 0. The molecule has 3 aromatic rings. The summed E-state index contributed by atoms with van der Waals surface area (Å²) in [5, 5.41) is 2.92. The Labute approximate surface area is 147 Å². The Bertz CT molecular complexity index is 909. The van der Waals surface area contributed by atoms with Crippen LogP contribution in [0.25, 0.3) is 11.1 Å². The fourth-order valence-corrected chi connectivity index (χ4v) is 2.35. The second kappa shape index (κ2) is 7.26. The fraction of sp³-hybridized carbons (Fsp3) is 0.0526. The molecule has 26 heavy (non-hydrogen) atoms. The summed E-state index contributed by atoms with van der Waals surface area (Å²) in [5.74, 6) is 0.147. The van der Waals surface area contributed by atoms with Crippen molar-refractivity contribution in [2.75, 3.05) is 5.32 Å². The Morgan fingerprint density at radius 1 is 0.962 bits per heavy atom. The van der Waals surface area contributed by atoms with Crippen LogP contribution in [0, 0.1) is 0 Å². The van der Waals surface area contributed by atoms with Gasteiger partial charge in [0.1, 0.15) is 17.9 Å². The molecule has 132 valence electrons. The molecule has 0 fully saturated rings. The quantitative estimate of drug-likeness (QED) is 0.637. The van der Waals surface area contributed by atoms with Gasteiger partial charge in [0, 0.05) is 29.1 Å². The molecular weight excluding hydrogens is 345 g/mol. The number of rotatable bonds is 5. The smallest absolute Gasteiger partial charge is 0.406 e. The van der Waals surface area contributed by atoms with Gasteiger partial charge >= 0.3 is 6.36 Å². The monoisotopic (exact) mass is 358 g/mol. The summed E-state index contributed by atoms with van der Waals surface area (Å²) < 4.78 is 40.7. The molecule has 1 heterocycles. The van der Waals surface area contributed by atoms with E-state index in [1.807, 2.05) is 6.07 Å². The highest BCUT2D eigenvalue weighted by Gasteiger charge is 2.31. The Morgan fingerprint density at radius 3 is 2.46 bits per heavy atom. The fourth-order valence-electron chi connectivity index (χ4n) is 2.35. The Balaban J connectivity index is 1.75. The van der Waals surface area contributed by atoms with E-state index in [0.717, 1.165) is 17.4 Å². The third-order valence-corrected chi connectivity index (χ3v) is 3.46. The van der Waals surface area contributed by atoms with Crippen molar-refractivity contribution in [3.63, 3.8) is 0 Å². The minimum absolute atomic E-state index is 0.315. The second-order valence-electron chi connectivity index (χ2n) is 5.38. The summed E-state index contributed by atoms with van der Waals surface area (Å²) in [7, 11) is 0. The van der Waals surface area contributed by atoms with Gasteiger partial charge in [0.15, 0.2) is 0 Å². The summed E-state index contributed by atoms with van der Waals surface area (Å²) in [6.07, 6.45) is -2.36. The number of carbonyl (C=O) groups excluding carboxylic acids is 1. The second-order valence-corrected chi connectivity index (χ2v) is 5.38. The van der Waals surface area contributed by atoms with Crippen molar-refractivity contribution in [1.82, 2.24) is 4.98 Å². The number of anilines is 2. The Kier molecular flexibility index (Phi) is 4.88. The van der Waals surface area contributed by atoms with Crippen molar-refractivity contribution in [1.29, 1.82) is 0 Å². The molecule has 2 aromatic carbocycles. The molecule has 1 N–H and O–H groups in total. The Hall–Kier alpha value is -3.35. The van der Waals surface area contributed by atoms with Gasteiger partial charge in [-0.1, -0.05) is 24.3 Å². The van der Waals surface area contributed by atoms with Gasteiger partial charge in [-0.15, -0.1) is 13.2 Å². The van der Waals surface area contributed by atoms with Crippen molar-refractivity contribution in [2.24, 2.45) is 0 Å². The third kappa shape index (κ3) is 4.60. The maximum atomic E-state index is 12.3. The number of aldehydes is 1. The zero-order chi connectivity index (χ0) is 18.6. The number of alkyl halides is 3. The minimum Gasteiger partial charge on any atom is -0.406 e. The van der Waals surface area contributed by atoms with E-state index < -0.39 is 6.36 Å². The number of carbonyl (C=O) groups is 1. The highest BCUT2D eigenvalue weighted by Crippen LogP contribution is 2.27.